The zero-order chi connectivity index (χ0) is 10.3. The molecule has 0 bridgehead atoms. The van der Waals surface area contributed by atoms with Gasteiger partial charge in [-0.2, -0.15) is 5.10 Å². The molecule has 0 radical (unpaired) electrons. The van der Waals surface area contributed by atoms with Crippen LogP contribution < -0.4 is 5.32 Å². The number of nitrogens with zero attached hydrogens (tertiary/aromatic N) is 2. The summed E-state index contributed by atoms with van der Waals surface area (Å²) in [5.41, 5.74) is 1.17. The summed E-state index contributed by atoms with van der Waals surface area (Å²) in [5, 5.41) is 9.55. The van der Waals surface area contributed by atoms with E-state index >= 15 is 0 Å². The van der Waals surface area contributed by atoms with E-state index in [2.05, 4.69) is 15.1 Å². The maximum atomic E-state index is 5.93. The monoisotopic (exact) mass is 221 g/mol. The lowest BCUT2D eigenvalue weighted by Gasteiger charge is -2.27. The van der Waals surface area contributed by atoms with Gasteiger partial charge in [0.15, 0.2) is 0 Å². The molecule has 1 aromatic heterocycles. The summed E-state index contributed by atoms with van der Waals surface area (Å²) in [7, 11) is 0. The van der Waals surface area contributed by atoms with E-state index in [9.17, 15) is 0 Å². The summed E-state index contributed by atoms with van der Waals surface area (Å²) in [4.78, 5) is 0. The molecule has 2 heterocycles. The van der Waals surface area contributed by atoms with Crippen LogP contribution in [0.2, 0.25) is 5.02 Å². The molecule has 1 aliphatic rings. The van der Waals surface area contributed by atoms with Gasteiger partial charge in [-0.3, -0.25) is 4.68 Å². The highest BCUT2D eigenvalue weighted by molar-refractivity contribution is 6.31. The fraction of sp³-hybridized carbons (Fsp3) is 0.364. The van der Waals surface area contributed by atoms with Crippen LogP contribution in [-0.2, 0) is 6.54 Å². The lowest BCUT2D eigenvalue weighted by atomic mass is 10.0. The topological polar surface area (TPSA) is 29.9 Å². The number of halogens is 1. The second kappa shape index (κ2) is 3.51. The number of hydrogen-bond donors (Lipinski definition) is 1. The van der Waals surface area contributed by atoms with Gasteiger partial charge in [-0.25, -0.2) is 0 Å². The highest BCUT2D eigenvalue weighted by atomic mass is 35.5. The van der Waals surface area contributed by atoms with Gasteiger partial charge >= 0.3 is 0 Å². The fourth-order valence-corrected chi connectivity index (χ4v) is 2.11. The van der Waals surface area contributed by atoms with E-state index in [1.807, 2.05) is 24.4 Å². The zero-order valence-corrected chi connectivity index (χ0v) is 9.04. The Morgan fingerprint density at radius 2 is 2.33 bits per heavy atom. The van der Waals surface area contributed by atoms with Gasteiger partial charge in [0.05, 0.1) is 11.7 Å². The van der Waals surface area contributed by atoms with Gasteiger partial charge in [-0.05, 0) is 18.2 Å². The van der Waals surface area contributed by atoms with Crippen LogP contribution >= 0.6 is 11.6 Å². The predicted octanol–water partition coefficient (Wildman–Crippen LogP) is 1.91. The largest absolute Gasteiger partial charge is 0.316 e. The van der Waals surface area contributed by atoms with Crippen LogP contribution in [0, 0.1) is 5.92 Å². The first-order chi connectivity index (χ1) is 7.33. The first kappa shape index (κ1) is 9.19. The average molecular weight is 222 g/mol. The number of aromatic nitrogens is 2. The van der Waals surface area contributed by atoms with E-state index in [4.69, 9.17) is 11.6 Å². The number of nitrogens with one attached hydrogen (secondary N) is 1. The van der Waals surface area contributed by atoms with E-state index in [0.717, 1.165) is 36.0 Å². The van der Waals surface area contributed by atoms with Crippen molar-refractivity contribution in [2.45, 2.75) is 6.54 Å². The molecule has 3 nitrogen and oxygen atoms in total. The third-order valence-electron chi connectivity index (χ3n) is 2.90. The van der Waals surface area contributed by atoms with Gasteiger partial charge in [0.2, 0.25) is 0 Å². The molecule has 0 saturated carbocycles. The molecule has 3 rings (SSSR count). The smallest absolute Gasteiger partial charge is 0.0683 e. The Kier molecular flexibility index (Phi) is 2.15. The average Bonchev–Trinajstić information content (AvgIpc) is 2.54. The van der Waals surface area contributed by atoms with Crippen LogP contribution in [0.25, 0.3) is 10.9 Å². The van der Waals surface area contributed by atoms with Gasteiger partial charge in [0.1, 0.15) is 0 Å². The van der Waals surface area contributed by atoms with Crippen molar-refractivity contribution in [3.05, 3.63) is 29.4 Å². The standard InChI is InChI=1S/C11H12ClN3/c12-10-1-2-11-9(3-10)6-14-15(11)7-8-4-13-5-8/h1-3,6,8,13H,4-5,7H2. The summed E-state index contributed by atoms with van der Waals surface area (Å²) >= 11 is 5.93. The van der Waals surface area contributed by atoms with Crippen LogP contribution in [0.5, 0.6) is 0 Å². The third-order valence-corrected chi connectivity index (χ3v) is 3.14. The van der Waals surface area contributed by atoms with Crippen molar-refractivity contribution in [2.24, 2.45) is 5.92 Å². The van der Waals surface area contributed by atoms with Crippen molar-refractivity contribution in [3.8, 4) is 0 Å². The highest BCUT2D eigenvalue weighted by Crippen LogP contribution is 2.20. The molecular formula is C11H12ClN3. The van der Waals surface area contributed by atoms with Gasteiger partial charge in [-0.1, -0.05) is 11.6 Å². The minimum Gasteiger partial charge on any atom is -0.316 e. The van der Waals surface area contributed by atoms with Crippen molar-refractivity contribution >= 4 is 22.5 Å². The molecule has 1 aliphatic heterocycles. The Bertz CT molecular complexity index is 488. The molecule has 0 aliphatic carbocycles. The van der Waals surface area contributed by atoms with Crippen LogP contribution in [0.15, 0.2) is 24.4 Å². The van der Waals surface area contributed by atoms with Crippen LogP contribution in [-0.4, -0.2) is 22.9 Å². The summed E-state index contributed by atoms with van der Waals surface area (Å²) in [5.74, 6) is 0.726. The molecule has 1 aromatic carbocycles. The second-order valence-corrected chi connectivity index (χ2v) is 4.49. The fourth-order valence-electron chi connectivity index (χ4n) is 1.93. The highest BCUT2D eigenvalue weighted by Gasteiger charge is 2.18. The number of fused-ring (bicyclic) bond motifs is 1. The van der Waals surface area contributed by atoms with Crippen LogP contribution in [0.4, 0.5) is 0 Å². The van der Waals surface area contributed by atoms with Crippen molar-refractivity contribution < 1.29 is 0 Å². The van der Waals surface area contributed by atoms with Crippen molar-refractivity contribution in [1.29, 1.82) is 0 Å². The maximum Gasteiger partial charge on any atom is 0.0683 e. The first-order valence-electron chi connectivity index (χ1n) is 5.15. The van der Waals surface area contributed by atoms with E-state index < -0.39 is 0 Å². The quantitative estimate of drug-likeness (QED) is 0.840. The Morgan fingerprint density at radius 3 is 3.07 bits per heavy atom. The Morgan fingerprint density at radius 1 is 1.47 bits per heavy atom. The van der Waals surface area contributed by atoms with Crippen molar-refractivity contribution in [3.63, 3.8) is 0 Å². The van der Waals surface area contributed by atoms with E-state index in [0.29, 0.717) is 0 Å². The minimum atomic E-state index is 0.726. The zero-order valence-electron chi connectivity index (χ0n) is 8.28. The summed E-state index contributed by atoms with van der Waals surface area (Å²) < 4.78 is 2.07. The summed E-state index contributed by atoms with van der Waals surface area (Å²) in [6.45, 7) is 3.21. The van der Waals surface area contributed by atoms with E-state index in [1.165, 1.54) is 5.52 Å². The predicted molar refractivity (Wildman–Crippen MR) is 61.1 cm³/mol. The number of benzene rings is 1. The Balaban J connectivity index is 1.96. The molecule has 15 heavy (non-hydrogen) atoms. The molecule has 1 fully saturated rings. The third kappa shape index (κ3) is 1.62. The molecule has 0 amide bonds. The first-order valence-corrected chi connectivity index (χ1v) is 5.52. The summed E-state index contributed by atoms with van der Waals surface area (Å²) in [6, 6.07) is 5.91. The molecule has 78 valence electrons. The van der Waals surface area contributed by atoms with E-state index in [1.54, 1.807) is 0 Å². The van der Waals surface area contributed by atoms with Crippen molar-refractivity contribution in [2.75, 3.05) is 13.1 Å². The van der Waals surface area contributed by atoms with Crippen LogP contribution in [0.3, 0.4) is 0 Å². The Labute approximate surface area is 93.0 Å². The van der Waals surface area contributed by atoms with E-state index in [-0.39, 0.29) is 0 Å². The van der Waals surface area contributed by atoms with Gasteiger partial charge in [0, 0.05) is 36.0 Å². The minimum absolute atomic E-state index is 0.726. The lowest BCUT2D eigenvalue weighted by molar-refractivity contribution is 0.299. The number of hydrogen-bond acceptors (Lipinski definition) is 2. The molecule has 0 spiro atoms. The normalized spacial score (nSPS) is 16.9. The molecule has 2 aromatic rings. The van der Waals surface area contributed by atoms with Gasteiger partial charge in [0.25, 0.3) is 0 Å². The number of rotatable bonds is 2. The Hall–Kier alpha value is -1.06. The lowest BCUT2D eigenvalue weighted by Crippen LogP contribution is -2.44. The molecule has 4 heteroatoms. The molecule has 0 atom stereocenters. The molecular weight excluding hydrogens is 210 g/mol. The molecule has 0 unspecified atom stereocenters. The van der Waals surface area contributed by atoms with Gasteiger partial charge in [-0.15, -0.1) is 0 Å². The SMILES string of the molecule is Clc1ccc2c(cnn2CC2CNC2)c1. The summed E-state index contributed by atoms with van der Waals surface area (Å²) in [6.07, 6.45) is 1.88. The second-order valence-electron chi connectivity index (χ2n) is 4.05. The van der Waals surface area contributed by atoms with Gasteiger partial charge < -0.3 is 5.32 Å². The van der Waals surface area contributed by atoms with Crippen LogP contribution in [0.1, 0.15) is 0 Å². The maximum absolute atomic E-state index is 5.93. The molecule has 1 saturated heterocycles. The van der Waals surface area contributed by atoms with Crippen molar-refractivity contribution in [1.82, 2.24) is 15.1 Å². The molecule has 1 N–H and O–H groups in total.